The number of nitrogens with zero attached hydrogens (tertiary/aromatic N) is 2. The number of rotatable bonds is 2. The van der Waals surface area contributed by atoms with Crippen LogP contribution < -0.4 is 4.74 Å². The van der Waals surface area contributed by atoms with Gasteiger partial charge in [0.05, 0.1) is 29.9 Å². The van der Waals surface area contributed by atoms with Crippen molar-refractivity contribution in [3.05, 3.63) is 28.6 Å². The number of phenolic OH excluding ortho intramolecular Hbond substituents is 1. The van der Waals surface area contributed by atoms with Crippen molar-refractivity contribution in [3.8, 4) is 28.8 Å². The molecule has 0 spiro atoms. The predicted molar refractivity (Wildman–Crippen MR) is 65.5 cm³/mol. The Hall–Kier alpha value is -2.27. The van der Waals surface area contributed by atoms with Crippen LogP contribution in [0.25, 0.3) is 11.1 Å². The van der Waals surface area contributed by atoms with E-state index in [4.69, 9.17) is 10.00 Å². The summed E-state index contributed by atoms with van der Waals surface area (Å²) in [5.74, 6) is -0.858. The van der Waals surface area contributed by atoms with Gasteiger partial charge >= 0.3 is 6.18 Å². The van der Waals surface area contributed by atoms with Gasteiger partial charge in [-0.1, -0.05) is 0 Å². The lowest BCUT2D eigenvalue weighted by Gasteiger charge is -2.13. The van der Waals surface area contributed by atoms with Crippen molar-refractivity contribution in [2.75, 3.05) is 7.11 Å². The minimum atomic E-state index is -4.76. The molecule has 1 N–H and O–H groups in total. The number of hydrogen-bond donors (Lipinski definition) is 1. The van der Waals surface area contributed by atoms with Gasteiger partial charge in [-0.2, -0.15) is 22.8 Å². The molecule has 20 heavy (non-hydrogen) atoms. The van der Waals surface area contributed by atoms with Gasteiger partial charge in [0, 0.05) is 10.9 Å². The summed E-state index contributed by atoms with van der Waals surface area (Å²) >= 11 is 0.971. The standard InChI is InChI=1S/C12H7F3N2O2S/c1-19-11-8(5-20-17-11)7-2-6(4-16)3-9(10(7)18)12(13,14)15/h2-3,5,18H,1H3. The summed E-state index contributed by atoms with van der Waals surface area (Å²) in [6, 6.07) is 3.40. The molecule has 1 aromatic heterocycles. The first-order valence-electron chi connectivity index (χ1n) is 5.21. The molecule has 0 aliphatic rings. The number of methoxy groups -OCH3 is 1. The molecule has 0 atom stereocenters. The molecule has 0 radical (unpaired) electrons. The third-order valence-corrected chi connectivity index (χ3v) is 3.18. The van der Waals surface area contributed by atoms with Gasteiger partial charge in [-0.15, -0.1) is 0 Å². The highest BCUT2D eigenvalue weighted by atomic mass is 32.1. The predicted octanol–water partition coefficient (Wildman–Crippen LogP) is 3.41. The van der Waals surface area contributed by atoms with Crippen LogP contribution in [0.1, 0.15) is 11.1 Å². The van der Waals surface area contributed by atoms with Crippen LogP contribution in [0.15, 0.2) is 17.5 Å². The van der Waals surface area contributed by atoms with Gasteiger partial charge in [0.1, 0.15) is 5.75 Å². The third-order valence-electron chi connectivity index (χ3n) is 2.56. The molecular weight excluding hydrogens is 293 g/mol. The molecule has 0 saturated heterocycles. The normalized spacial score (nSPS) is 11.2. The van der Waals surface area contributed by atoms with Crippen molar-refractivity contribution < 1.29 is 23.0 Å². The molecule has 0 bridgehead atoms. The van der Waals surface area contributed by atoms with Gasteiger partial charge in [-0.05, 0) is 23.7 Å². The van der Waals surface area contributed by atoms with E-state index in [0.717, 1.165) is 17.6 Å². The number of phenols is 1. The third kappa shape index (κ3) is 2.40. The van der Waals surface area contributed by atoms with Crippen molar-refractivity contribution in [1.82, 2.24) is 4.37 Å². The quantitative estimate of drug-likeness (QED) is 0.923. The van der Waals surface area contributed by atoms with E-state index in [2.05, 4.69) is 4.37 Å². The van der Waals surface area contributed by atoms with Gasteiger partial charge in [-0.3, -0.25) is 0 Å². The maximum atomic E-state index is 12.9. The molecule has 0 amide bonds. The average Bonchev–Trinajstić information content (AvgIpc) is 2.85. The summed E-state index contributed by atoms with van der Waals surface area (Å²) in [5, 5.41) is 20.1. The Morgan fingerprint density at radius 1 is 1.35 bits per heavy atom. The number of benzene rings is 1. The Balaban J connectivity index is 2.74. The molecule has 2 rings (SSSR count). The van der Waals surface area contributed by atoms with Gasteiger partial charge in [0.2, 0.25) is 5.88 Å². The molecular formula is C12H7F3N2O2S. The van der Waals surface area contributed by atoms with Crippen LogP contribution in [-0.2, 0) is 6.18 Å². The Morgan fingerprint density at radius 2 is 2.05 bits per heavy atom. The van der Waals surface area contributed by atoms with Crippen LogP contribution in [0.2, 0.25) is 0 Å². The lowest BCUT2D eigenvalue weighted by molar-refractivity contribution is -0.138. The second kappa shape index (κ2) is 5.02. The van der Waals surface area contributed by atoms with Crippen LogP contribution in [-0.4, -0.2) is 16.6 Å². The number of aromatic hydroxyl groups is 1. The van der Waals surface area contributed by atoms with E-state index < -0.39 is 17.5 Å². The van der Waals surface area contributed by atoms with Crippen LogP contribution in [0, 0.1) is 11.3 Å². The van der Waals surface area contributed by atoms with Crippen LogP contribution in [0.3, 0.4) is 0 Å². The van der Waals surface area contributed by atoms with Crippen LogP contribution in [0.5, 0.6) is 11.6 Å². The number of ether oxygens (including phenoxy) is 1. The Bertz CT molecular complexity index is 689. The monoisotopic (exact) mass is 300 g/mol. The van der Waals surface area contributed by atoms with Crippen molar-refractivity contribution in [3.63, 3.8) is 0 Å². The largest absolute Gasteiger partial charge is 0.507 e. The highest BCUT2D eigenvalue weighted by molar-refractivity contribution is 7.04. The zero-order chi connectivity index (χ0) is 14.9. The molecule has 4 nitrogen and oxygen atoms in total. The maximum absolute atomic E-state index is 12.9. The second-order valence-corrected chi connectivity index (χ2v) is 4.40. The van der Waals surface area contributed by atoms with E-state index in [1.807, 2.05) is 0 Å². The summed E-state index contributed by atoms with van der Waals surface area (Å²) in [5.41, 5.74) is -1.40. The maximum Gasteiger partial charge on any atom is 0.420 e. The molecule has 0 aliphatic heterocycles. The average molecular weight is 300 g/mol. The van der Waals surface area contributed by atoms with Gasteiger partial charge in [-0.25, -0.2) is 0 Å². The lowest BCUT2D eigenvalue weighted by atomic mass is 10.00. The van der Waals surface area contributed by atoms with E-state index >= 15 is 0 Å². The minimum absolute atomic E-state index is 0.0912. The van der Waals surface area contributed by atoms with Crippen molar-refractivity contribution in [1.29, 1.82) is 5.26 Å². The van der Waals surface area contributed by atoms with Gasteiger partial charge < -0.3 is 9.84 Å². The topological polar surface area (TPSA) is 66.1 Å². The number of nitriles is 1. The molecule has 0 aliphatic carbocycles. The molecule has 0 fully saturated rings. The lowest BCUT2D eigenvalue weighted by Crippen LogP contribution is -2.06. The number of alkyl halides is 3. The molecule has 8 heteroatoms. The smallest absolute Gasteiger partial charge is 0.420 e. The molecule has 0 saturated carbocycles. The fraction of sp³-hybridized carbons (Fsp3) is 0.167. The second-order valence-electron chi connectivity index (χ2n) is 3.77. The number of hydrogen-bond acceptors (Lipinski definition) is 5. The number of aromatic nitrogens is 1. The van der Waals surface area contributed by atoms with Crippen LogP contribution in [0.4, 0.5) is 13.2 Å². The summed E-state index contributed by atoms with van der Waals surface area (Å²) in [6.07, 6.45) is -4.76. The molecule has 104 valence electrons. The summed E-state index contributed by atoms with van der Waals surface area (Å²) in [7, 11) is 1.31. The Kier molecular flexibility index (Phi) is 3.55. The molecule has 2 aromatic rings. The first-order chi connectivity index (χ1) is 9.38. The van der Waals surface area contributed by atoms with Crippen molar-refractivity contribution in [2.24, 2.45) is 0 Å². The van der Waals surface area contributed by atoms with Crippen LogP contribution >= 0.6 is 11.5 Å². The highest BCUT2D eigenvalue weighted by Crippen LogP contribution is 2.44. The fourth-order valence-corrected chi connectivity index (χ4v) is 2.33. The summed E-state index contributed by atoms with van der Waals surface area (Å²) in [6.45, 7) is 0. The van der Waals surface area contributed by atoms with E-state index in [9.17, 15) is 18.3 Å². The zero-order valence-corrected chi connectivity index (χ0v) is 10.8. The first-order valence-corrected chi connectivity index (χ1v) is 6.05. The fourth-order valence-electron chi connectivity index (χ4n) is 1.67. The zero-order valence-electron chi connectivity index (χ0n) is 10.0. The van der Waals surface area contributed by atoms with Gasteiger partial charge in [0.25, 0.3) is 0 Å². The van der Waals surface area contributed by atoms with Crippen molar-refractivity contribution >= 4 is 11.5 Å². The summed E-state index contributed by atoms with van der Waals surface area (Å²) in [4.78, 5) is 0. The molecule has 1 heterocycles. The van der Waals surface area contributed by atoms with E-state index in [-0.39, 0.29) is 22.6 Å². The van der Waals surface area contributed by atoms with E-state index in [0.29, 0.717) is 6.07 Å². The SMILES string of the molecule is COc1nscc1-c1cc(C#N)cc(C(F)(F)F)c1O. The number of halogens is 3. The Morgan fingerprint density at radius 3 is 2.60 bits per heavy atom. The van der Waals surface area contributed by atoms with E-state index in [1.54, 1.807) is 6.07 Å². The summed E-state index contributed by atoms with van der Waals surface area (Å²) < 4.78 is 47.3. The van der Waals surface area contributed by atoms with E-state index in [1.165, 1.54) is 12.5 Å². The van der Waals surface area contributed by atoms with Gasteiger partial charge in [0.15, 0.2) is 0 Å². The molecule has 1 aromatic carbocycles. The molecule has 0 unspecified atom stereocenters. The van der Waals surface area contributed by atoms with Crippen molar-refractivity contribution in [2.45, 2.75) is 6.18 Å². The minimum Gasteiger partial charge on any atom is -0.507 e. The highest BCUT2D eigenvalue weighted by Gasteiger charge is 2.36. The Labute approximate surface area is 115 Å². The first kappa shape index (κ1) is 14.1.